The number of nitrogens with zero attached hydrogens (tertiary/aromatic N) is 2. The summed E-state index contributed by atoms with van der Waals surface area (Å²) < 4.78 is 21.4. The second kappa shape index (κ2) is 14.5. The molecule has 1 amide bonds. The van der Waals surface area contributed by atoms with E-state index in [9.17, 15) is 19.5 Å². The second-order valence-corrected chi connectivity index (χ2v) is 10.2. The highest BCUT2D eigenvalue weighted by molar-refractivity contribution is 6.27. The van der Waals surface area contributed by atoms with Crippen LogP contribution < -0.4 is 24.8 Å². The van der Waals surface area contributed by atoms with Crippen LogP contribution in [0.4, 0.5) is 0 Å². The molecule has 1 atom stereocenters. The van der Waals surface area contributed by atoms with E-state index >= 15 is 0 Å². The van der Waals surface area contributed by atoms with Crippen LogP contribution in [0.2, 0.25) is 0 Å². The number of nitrogens with one attached hydrogen (secondary N) is 2. The maximum atomic E-state index is 13.5. The number of rotatable bonds is 13. The number of fused-ring (bicyclic) bond motifs is 1. The lowest BCUT2D eigenvalue weighted by Crippen LogP contribution is -2.49. The molecule has 1 saturated heterocycles. The lowest BCUT2D eigenvalue weighted by molar-refractivity contribution is -0.129. The number of hydrogen-bond acceptors (Lipinski definition) is 11. The van der Waals surface area contributed by atoms with Gasteiger partial charge in [-0.05, 0) is 25.0 Å². The van der Waals surface area contributed by atoms with Crippen molar-refractivity contribution in [2.24, 2.45) is 0 Å². The van der Waals surface area contributed by atoms with Gasteiger partial charge in [-0.25, -0.2) is 0 Å². The molecular formula is C31H40N4O8. The van der Waals surface area contributed by atoms with Gasteiger partial charge in [0.05, 0.1) is 34.5 Å². The number of aliphatic hydroxyl groups is 1. The van der Waals surface area contributed by atoms with E-state index < -0.39 is 12.0 Å². The Balaban J connectivity index is 1.42. The van der Waals surface area contributed by atoms with Crippen molar-refractivity contribution in [1.29, 1.82) is 0 Å². The smallest absolute Gasteiger partial charge is 0.241 e. The molecule has 43 heavy (non-hydrogen) atoms. The van der Waals surface area contributed by atoms with E-state index in [0.29, 0.717) is 54.3 Å². The molecule has 2 aliphatic rings. The molecule has 232 valence electrons. The van der Waals surface area contributed by atoms with Gasteiger partial charge in [0.15, 0.2) is 11.5 Å². The van der Waals surface area contributed by atoms with Crippen molar-refractivity contribution in [3.63, 3.8) is 0 Å². The standard InChI is InChI=1S/C31H40N4O8/c1-32-26-27(29(38)22-9-7-6-8-21(22)28(26)37)35(14-15-40-2)25(36)18-33-20-10-12-34(13-11-20)31(39)19-16-23(41-3)30(43-5)24(17-19)42-4/h6-9,16-17,20,31-33,39H,10-15,18H2,1-5H3. The Hall–Kier alpha value is -3.97. The number of methoxy groups -OCH3 is 4. The number of ketones is 2. The minimum absolute atomic E-state index is 0.0128. The Bertz CT molecular complexity index is 1340. The van der Waals surface area contributed by atoms with Gasteiger partial charge in [-0.1, -0.05) is 24.3 Å². The monoisotopic (exact) mass is 596 g/mol. The molecule has 2 aromatic carbocycles. The lowest BCUT2D eigenvalue weighted by Gasteiger charge is -2.36. The summed E-state index contributed by atoms with van der Waals surface area (Å²) >= 11 is 0. The number of ether oxygens (including phenoxy) is 4. The van der Waals surface area contributed by atoms with Crippen molar-refractivity contribution in [3.05, 3.63) is 64.5 Å². The summed E-state index contributed by atoms with van der Waals surface area (Å²) in [5.74, 6) is 0.297. The summed E-state index contributed by atoms with van der Waals surface area (Å²) in [7, 11) is 7.65. The second-order valence-electron chi connectivity index (χ2n) is 10.2. The predicted molar refractivity (Wildman–Crippen MR) is 158 cm³/mol. The largest absolute Gasteiger partial charge is 0.493 e. The van der Waals surface area contributed by atoms with Gasteiger partial charge in [-0.15, -0.1) is 0 Å². The number of aliphatic hydroxyl groups excluding tert-OH is 1. The van der Waals surface area contributed by atoms with Crippen LogP contribution in [0.1, 0.15) is 45.3 Å². The quantitative estimate of drug-likeness (QED) is 0.312. The highest BCUT2D eigenvalue weighted by atomic mass is 16.5. The number of likely N-dealkylation sites (N-methyl/N-ethyl adjacent to an activating group) is 1. The molecule has 0 radical (unpaired) electrons. The molecule has 2 aromatic rings. The van der Waals surface area contributed by atoms with Crippen LogP contribution in [0, 0.1) is 0 Å². The fraction of sp³-hybridized carbons (Fsp3) is 0.452. The average molecular weight is 597 g/mol. The summed E-state index contributed by atoms with van der Waals surface area (Å²) in [6, 6.07) is 10.1. The van der Waals surface area contributed by atoms with Gasteiger partial charge in [-0.2, -0.15) is 0 Å². The number of piperidine rings is 1. The zero-order chi connectivity index (χ0) is 31.1. The van der Waals surface area contributed by atoms with Crippen molar-refractivity contribution in [2.45, 2.75) is 25.1 Å². The molecule has 3 N–H and O–H groups in total. The van der Waals surface area contributed by atoms with Crippen molar-refractivity contribution in [2.75, 3.05) is 68.3 Å². The molecule has 0 bridgehead atoms. The molecule has 4 rings (SSSR count). The normalized spacial score (nSPS) is 16.5. The first-order valence-corrected chi connectivity index (χ1v) is 14.1. The number of carbonyl (C=O) groups excluding carboxylic acids is 3. The number of carbonyl (C=O) groups is 3. The number of hydrogen-bond donors (Lipinski definition) is 3. The van der Waals surface area contributed by atoms with E-state index in [1.165, 1.54) is 33.3 Å². The van der Waals surface area contributed by atoms with Gasteiger partial charge in [0.25, 0.3) is 0 Å². The van der Waals surface area contributed by atoms with Gasteiger partial charge in [0, 0.05) is 56.5 Å². The maximum absolute atomic E-state index is 13.5. The first-order valence-electron chi connectivity index (χ1n) is 14.1. The fourth-order valence-electron chi connectivity index (χ4n) is 5.53. The SMILES string of the molecule is CNC1=C(N(CCOC)C(=O)CNC2CCN(C(O)c3cc(OC)c(OC)c(OC)c3)CC2)C(=O)c2ccccc2C1=O. The third-order valence-electron chi connectivity index (χ3n) is 7.84. The highest BCUT2D eigenvalue weighted by Crippen LogP contribution is 2.40. The van der Waals surface area contributed by atoms with Gasteiger partial charge in [0.1, 0.15) is 17.6 Å². The Labute approximate surface area is 251 Å². The maximum Gasteiger partial charge on any atom is 0.241 e. The molecular weight excluding hydrogens is 556 g/mol. The number of benzene rings is 2. The summed E-state index contributed by atoms with van der Waals surface area (Å²) in [6.07, 6.45) is 0.481. The zero-order valence-electron chi connectivity index (χ0n) is 25.3. The van der Waals surface area contributed by atoms with Crippen LogP contribution in [0.5, 0.6) is 17.2 Å². The summed E-state index contributed by atoms with van der Waals surface area (Å²) in [5.41, 5.74) is 1.30. The topological polar surface area (TPSA) is 139 Å². The van der Waals surface area contributed by atoms with E-state index in [4.69, 9.17) is 18.9 Å². The third kappa shape index (κ3) is 6.67. The van der Waals surface area contributed by atoms with Crippen LogP contribution in [-0.2, 0) is 9.53 Å². The molecule has 1 fully saturated rings. The van der Waals surface area contributed by atoms with Crippen molar-refractivity contribution >= 4 is 17.5 Å². The van der Waals surface area contributed by atoms with Gasteiger partial charge in [-0.3, -0.25) is 19.3 Å². The van der Waals surface area contributed by atoms with Crippen LogP contribution in [0.15, 0.2) is 47.8 Å². The van der Waals surface area contributed by atoms with Gasteiger partial charge in [0.2, 0.25) is 23.2 Å². The molecule has 12 heteroatoms. The molecule has 0 spiro atoms. The minimum Gasteiger partial charge on any atom is -0.493 e. The van der Waals surface area contributed by atoms with Crippen LogP contribution >= 0.6 is 0 Å². The van der Waals surface area contributed by atoms with E-state index in [-0.39, 0.29) is 54.4 Å². The van der Waals surface area contributed by atoms with E-state index in [2.05, 4.69) is 10.6 Å². The molecule has 1 aliphatic heterocycles. The van der Waals surface area contributed by atoms with Gasteiger partial charge >= 0.3 is 0 Å². The molecule has 0 aromatic heterocycles. The van der Waals surface area contributed by atoms with Crippen molar-refractivity contribution in [1.82, 2.24) is 20.4 Å². The lowest BCUT2D eigenvalue weighted by atomic mass is 9.89. The number of allylic oxidation sites excluding steroid dienone is 2. The van der Waals surface area contributed by atoms with Crippen molar-refractivity contribution < 1.29 is 38.4 Å². The Morgan fingerprint density at radius 3 is 2.14 bits per heavy atom. The molecule has 1 aliphatic carbocycles. The summed E-state index contributed by atoms with van der Waals surface area (Å²) in [6.45, 7) is 1.42. The van der Waals surface area contributed by atoms with E-state index in [1.54, 1.807) is 43.4 Å². The molecule has 0 saturated carbocycles. The Kier molecular flexibility index (Phi) is 10.8. The molecule has 1 unspecified atom stereocenters. The molecule has 12 nitrogen and oxygen atoms in total. The Morgan fingerprint density at radius 2 is 1.60 bits per heavy atom. The summed E-state index contributed by atoms with van der Waals surface area (Å²) in [5, 5.41) is 17.3. The zero-order valence-corrected chi connectivity index (χ0v) is 25.3. The Morgan fingerprint density at radius 1 is 1.00 bits per heavy atom. The number of Topliss-reactive ketones (excluding diaryl/α,β-unsaturated/α-hetero) is 2. The first-order chi connectivity index (χ1) is 20.8. The van der Waals surface area contributed by atoms with Crippen LogP contribution in [0.3, 0.4) is 0 Å². The van der Waals surface area contributed by atoms with Crippen LogP contribution in [0.25, 0.3) is 0 Å². The van der Waals surface area contributed by atoms with Crippen LogP contribution in [-0.4, -0.2) is 107 Å². The average Bonchev–Trinajstić information content (AvgIpc) is 3.05. The fourth-order valence-corrected chi connectivity index (χ4v) is 5.53. The first kappa shape index (κ1) is 32.0. The van der Waals surface area contributed by atoms with E-state index in [1.807, 2.05) is 4.90 Å². The number of amides is 1. The highest BCUT2D eigenvalue weighted by Gasteiger charge is 2.37. The number of likely N-dealkylation sites (tertiary alicyclic amines) is 1. The predicted octanol–water partition coefficient (Wildman–Crippen LogP) is 1.74. The summed E-state index contributed by atoms with van der Waals surface area (Å²) in [4.78, 5) is 43.5. The third-order valence-corrected chi connectivity index (χ3v) is 7.84. The van der Waals surface area contributed by atoms with Crippen molar-refractivity contribution in [3.8, 4) is 17.2 Å². The molecule has 1 heterocycles. The van der Waals surface area contributed by atoms with E-state index in [0.717, 1.165) is 0 Å². The van der Waals surface area contributed by atoms with Gasteiger partial charge < -0.3 is 39.6 Å². The minimum atomic E-state index is -0.884.